The lowest BCUT2D eigenvalue weighted by Crippen LogP contribution is -2.48. The van der Waals surface area contributed by atoms with Gasteiger partial charge in [0.15, 0.2) is 11.5 Å². The van der Waals surface area contributed by atoms with Crippen molar-refractivity contribution in [2.75, 3.05) is 20.4 Å². The second kappa shape index (κ2) is 8.74. The van der Waals surface area contributed by atoms with Crippen molar-refractivity contribution in [3.8, 4) is 11.5 Å². The average molecular weight is 461 g/mol. The van der Waals surface area contributed by atoms with Crippen molar-refractivity contribution in [1.29, 1.82) is 0 Å². The number of carbonyl (C=O) groups excluding carboxylic acids is 1. The number of methoxy groups -OCH3 is 1. The van der Waals surface area contributed by atoms with E-state index in [1.54, 1.807) is 11.0 Å². The summed E-state index contributed by atoms with van der Waals surface area (Å²) in [4.78, 5) is 13.1. The molecule has 0 aromatic heterocycles. The van der Waals surface area contributed by atoms with Crippen LogP contribution in [0.2, 0.25) is 0 Å². The second-order valence-electron chi connectivity index (χ2n) is 9.01. The summed E-state index contributed by atoms with van der Waals surface area (Å²) in [5.74, 6) is -1.13. The highest BCUT2D eigenvalue weighted by Gasteiger charge is 2.40. The highest BCUT2D eigenvalue weighted by atomic mass is 19.1. The Bertz CT molecular complexity index is 1090. The van der Waals surface area contributed by atoms with E-state index < -0.39 is 29.3 Å². The van der Waals surface area contributed by atoms with Crippen LogP contribution >= 0.6 is 0 Å². The van der Waals surface area contributed by atoms with E-state index in [2.05, 4.69) is 4.74 Å². The molecule has 2 atom stereocenters. The maximum Gasteiger partial charge on any atom is 0.330 e. The van der Waals surface area contributed by atoms with E-state index in [1.165, 1.54) is 27.0 Å². The number of rotatable bonds is 5. The van der Waals surface area contributed by atoms with Gasteiger partial charge in [-0.05, 0) is 74.2 Å². The first-order valence-electron chi connectivity index (χ1n) is 10.7. The van der Waals surface area contributed by atoms with Crippen LogP contribution < -0.4 is 9.47 Å². The van der Waals surface area contributed by atoms with Gasteiger partial charge in [0.2, 0.25) is 6.79 Å². The predicted octanol–water partition coefficient (Wildman–Crippen LogP) is 4.96. The zero-order chi connectivity index (χ0) is 23.9. The van der Waals surface area contributed by atoms with Crippen LogP contribution in [0.5, 0.6) is 11.5 Å². The standard InChI is InChI=1S/C25H26F3NO4/c1-14-7-16-10-20-21(33-13-32-20)11-17(16)24(29(14)12-25(2,3)28)23-18(26)8-15(9-19(23)27)5-6-22(30)31-4/h5-6,8-11,14,24H,7,12-13H2,1-4H3/b6-5+/t14-,24+/m1/s1. The van der Waals surface area contributed by atoms with E-state index in [4.69, 9.17) is 9.47 Å². The number of fused-ring (bicyclic) bond motifs is 2. The van der Waals surface area contributed by atoms with Crippen molar-refractivity contribution >= 4 is 12.0 Å². The highest BCUT2D eigenvalue weighted by molar-refractivity contribution is 5.86. The lowest BCUT2D eigenvalue weighted by molar-refractivity contribution is -0.134. The lowest BCUT2D eigenvalue weighted by Gasteiger charge is -2.44. The number of nitrogens with zero attached hydrogens (tertiary/aromatic N) is 1. The summed E-state index contributed by atoms with van der Waals surface area (Å²) in [5, 5.41) is 0. The fraction of sp³-hybridized carbons (Fsp3) is 0.400. The van der Waals surface area contributed by atoms with E-state index in [1.807, 2.05) is 13.0 Å². The quantitative estimate of drug-likeness (QED) is 0.465. The Hall–Kier alpha value is -3.00. The van der Waals surface area contributed by atoms with Crippen LogP contribution in [0, 0.1) is 11.6 Å². The zero-order valence-electron chi connectivity index (χ0n) is 19.0. The third-order valence-corrected chi connectivity index (χ3v) is 5.89. The first-order chi connectivity index (χ1) is 15.6. The number of ether oxygens (including phenoxy) is 3. The van der Waals surface area contributed by atoms with Gasteiger partial charge in [-0.25, -0.2) is 18.0 Å². The second-order valence-corrected chi connectivity index (χ2v) is 9.01. The van der Waals surface area contributed by atoms with Gasteiger partial charge in [0.05, 0.1) is 13.2 Å². The first kappa shape index (κ1) is 23.2. The van der Waals surface area contributed by atoms with E-state index in [0.29, 0.717) is 23.5 Å². The van der Waals surface area contributed by atoms with Gasteiger partial charge in [-0.15, -0.1) is 0 Å². The first-order valence-corrected chi connectivity index (χ1v) is 10.7. The fourth-order valence-corrected chi connectivity index (χ4v) is 4.50. The molecule has 0 fully saturated rings. The summed E-state index contributed by atoms with van der Waals surface area (Å²) >= 11 is 0. The highest BCUT2D eigenvalue weighted by Crippen LogP contribution is 2.46. The summed E-state index contributed by atoms with van der Waals surface area (Å²) in [6.07, 6.45) is 2.94. The van der Waals surface area contributed by atoms with Gasteiger partial charge >= 0.3 is 5.97 Å². The minimum absolute atomic E-state index is 0.0183. The molecule has 176 valence electrons. The van der Waals surface area contributed by atoms with Gasteiger partial charge in [0, 0.05) is 24.2 Å². The topological polar surface area (TPSA) is 48.0 Å². The SMILES string of the molecule is COC(=O)/C=C/c1cc(F)c([C@@H]2c3cc4c(cc3C[C@@H](C)N2CC(C)(C)F)OCO4)c(F)c1. The summed E-state index contributed by atoms with van der Waals surface area (Å²) in [7, 11) is 1.21. The minimum atomic E-state index is -1.59. The molecule has 33 heavy (non-hydrogen) atoms. The van der Waals surface area contributed by atoms with Crippen LogP contribution in [-0.2, 0) is 16.0 Å². The molecule has 2 heterocycles. The molecule has 0 aliphatic carbocycles. The Labute approximate surface area is 190 Å². The number of hydrogen-bond acceptors (Lipinski definition) is 5. The molecule has 2 aliphatic rings. The molecule has 0 N–H and O–H groups in total. The Morgan fingerprint density at radius 2 is 1.82 bits per heavy atom. The Balaban J connectivity index is 1.85. The van der Waals surface area contributed by atoms with E-state index >= 15 is 8.78 Å². The Kier molecular flexibility index (Phi) is 6.14. The molecule has 2 aromatic rings. The molecule has 4 rings (SSSR count). The smallest absolute Gasteiger partial charge is 0.330 e. The van der Waals surface area contributed by atoms with Gasteiger partial charge in [0.1, 0.15) is 17.3 Å². The van der Waals surface area contributed by atoms with Crippen molar-refractivity contribution in [1.82, 2.24) is 4.90 Å². The maximum absolute atomic E-state index is 15.4. The molecule has 2 aromatic carbocycles. The molecule has 0 amide bonds. The van der Waals surface area contributed by atoms with Crippen molar-refractivity contribution < 1.29 is 32.2 Å². The van der Waals surface area contributed by atoms with Crippen molar-refractivity contribution in [2.45, 2.75) is 44.9 Å². The van der Waals surface area contributed by atoms with Crippen LogP contribution in [0.1, 0.15) is 49.1 Å². The van der Waals surface area contributed by atoms with Gasteiger partial charge < -0.3 is 14.2 Å². The third kappa shape index (κ3) is 4.71. The summed E-state index contributed by atoms with van der Waals surface area (Å²) in [5.41, 5.74) is -0.0703. The van der Waals surface area contributed by atoms with Crippen LogP contribution in [-0.4, -0.2) is 43.0 Å². The maximum atomic E-state index is 15.4. The molecular weight excluding hydrogens is 435 g/mol. The van der Waals surface area contributed by atoms with Crippen molar-refractivity contribution in [3.05, 3.63) is 64.2 Å². The molecule has 2 aliphatic heterocycles. The van der Waals surface area contributed by atoms with E-state index in [9.17, 15) is 9.18 Å². The molecule has 0 radical (unpaired) electrons. The van der Waals surface area contributed by atoms with Crippen molar-refractivity contribution in [3.63, 3.8) is 0 Å². The van der Waals surface area contributed by atoms with Gasteiger partial charge in [-0.3, -0.25) is 4.90 Å². The minimum Gasteiger partial charge on any atom is -0.466 e. The number of alkyl halides is 1. The predicted molar refractivity (Wildman–Crippen MR) is 117 cm³/mol. The molecule has 0 saturated heterocycles. The van der Waals surface area contributed by atoms with Crippen LogP contribution in [0.25, 0.3) is 6.08 Å². The van der Waals surface area contributed by atoms with E-state index in [0.717, 1.165) is 23.8 Å². The summed E-state index contributed by atoms with van der Waals surface area (Å²) in [6.45, 7) is 4.85. The number of esters is 1. The largest absolute Gasteiger partial charge is 0.466 e. The van der Waals surface area contributed by atoms with Crippen LogP contribution in [0.4, 0.5) is 13.2 Å². The third-order valence-electron chi connectivity index (χ3n) is 5.89. The van der Waals surface area contributed by atoms with Gasteiger partial charge in [-0.1, -0.05) is 0 Å². The van der Waals surface area contributed by atoms with Crippen LogP contribution in [0.3, 0.4) is 0 Å². The zero-order valence-corrected chi connectivity index (χ0v) is 19.0. The summed E-state index contributed by atoms with van der Waals surface area (Å²) < 4.78 is 61.2. The molecule has 0 spiro atoms. The number of halogens is 3. The molecule has 0 saturated carbocycles. The monoisotopic (exact) mass is 461 g/mol. The Morgan fingerprint density at radius 1 is 1.18 bits per heavy atom. The molecule has 5 nitrogen and oxygen atoms in total. The van der Waals surface area contributed by atoms with Gasteiger partial charge in [0.25, 0.3) is 0 Å². The fourth-order valence-electron chi connectivity index (χ4n) is 4.50. The average Bonchev–Trinajstić information content (AvgIpc) is 3.18. The number of hydrogen-bond donors (Lipinski definition) is 0. The van der Waals surface area contributed by atoms with Crippen molar-refractivity contribution in [2.24, 2.45) is 0 Å². The molecule has 0 bridgehead atoms. The lowest BCUT2D eigenvalue weighted by atomic mass is 9.83. The molecular formula is C25H26F3NO4. The Morgan fingerprint density at radius 3 is 2.42 bits per heavy atom. The number of benzene rings is 2. The summed E-state index contributed by atoms with van der Waals surface area (Å²) in [6, 6.07) is 4.83. The molecule has 8 heteroatoms. The normalized spacial score (nSPS) is 20.2. The molecule has 0 unspecified atom stereocenters. The van der Waals surface area contributed by atoms with E-state index in [-0.39, 0.29) is 30.5 Å². The van der Waals surface area contributed by atoms with Gasteiger partial charge in [-0.2, -0.15) is 0 Å². The van der Waals surface area contributed by atoms with Crippen LogP contribution in [0.15, 0.2) is 30.3 Å². The number of carbonyl (C=O) groups is 1.